The van der Waals surface area contributed by atoms with Crippen LogP contribution in [0.3, 0.4) is 0 Å². The van der Waals surface area contributed by atoms with Crippen LogP contribution in [0.15, 0.2) is 0 Å². The van der Waals surface area contributed by atoms with Crippen molar-refractivity contribution in [1.29, 1.82) is 0 Å². The molecule has 0 aliphatic heterocycles. The Hall–Kier alpha value is -0.570. The smallest absolute Gasteiger partial charge is 0.320 e. The Balaban J connectivity index is 2.46. The van der Waals surface area contributed by atoms with Gasteiger partial charge >= 0.3 is 5.97 Å². The van der Waals surface area contributed by atoms with Crippen LogP contribution in [0.5, 0.6) is 0 Å². The molecular weight excluding hydrogens is 166 g/mol. The van der Waals surface area contributed by atoms with E-state index < -0.39 is 5.97 Å². The van der Waals surface area contributed by atoms with E-state index >= 15 is 0 Å². The van der Waals surface area contributed by atoms with Crippen molar-refractivity contribution in [3.05, 3.63) is 0 Å². The summed E-state index contributed by atoms with van der Waals surface area (Å²) in [7, 11) is 1.73. The van der Waals surface area contributed by atoms with Gasteiger partial charge in [0.2, 0.25) is 0 Å². The normalized spacial score (nSPS) is 31.2. The zero-order valence-electron chi connectivity index (χ0n) is 8.42. The Labute approximate surface area is 79.5 Å². The van der Waals surface area contributed by atoms with Crippen LogP contribution < -0.4 is 5.32 Å². The lowest BCUT2D eigenvalue weighted by molar-refractivity contribution is -0.141. The number of hydrogen-bond acceptors (Lipinski definition) is 2. The molecule has 1 saturated carbocycles. The number of likely N-dealkylation sites (N-methyl/N-ethyl adjacent to an activating group) is 1. The van der Waals surface area contributed by atoms with Gasteiger partial charge in [0.1, 0.15) is 6.04 Å². The molecule has 0 radical (unpaired) electrons. The predicted molar refractivity (Wildman–Crippen MR) is 51.6 cm³/mol. The summed E-state index contributed by atoms with van der Waals surface area (Å²) < 4.78 is 0. The molecule has 1 fully saturated rings. The Morgan fingerprint density at radius 1 is 1.38 bits per heavy atom. The van der Waals surface area contributed by atoms with Gasteiger partial charge in [0.15, 0.2) is 0 Å². The first-order valence-electron chi connectivity index (χ1n) is 5.05. The summed E-state index contributed by atoms with van der Waals surface area (Å²) in [6, 6.07) is -0.340. The average molecular weight is 185 g/mol. The molecule has 76 valence electrons. The number of nitrogens with one attached hydrogen (secondary N) is 1. The molecule has 0 aromatic rings. The lowest BCUT2D eigenvalue weighted by atomic mass is 9.79. The summed E-state index contributed by atoms with van der Waals surface area (Å²) in [5.74, 6) is 0.406. The van der Waals surface area contributed by atoms with Gasteiger partial charge in [0.25, 0.3) is 0 Å². The van der Waals surface area contributed by atoms with Crippen molar-refractivity contribution in [2.45, 2.75) is 38.6 Å². The third-order valence-corrected chi connectivity index (χ3v) is 3.11. The van der Waals surface area contributed by atoms with Crippen LogP contribution in [0.1, 0.15) is 32.6 Å². The Bertz CT molecular complexity index is 174. The second-order valence-electron chi connectivity index (χ2n) is 4.12. The molecule has 0 amide bonds. The maximum atomic E-state index is 10.8. The molecule has 0 spiro atoms. The van der Waals surface area contributed by atoms with Gasteiger partial charge < -0.3 is 10.4 Å². The first-order chi connectivity index (χ1) is 6.15. The topological polar surface area (TPSA) is 49.3 Å². The molecule has 2 N–H and O–H groups in total. The monoisotopic (exact) mass is 185 g/mol. The van der Waals surface area contributed by atoms with Crippen molar-refractivity contribution in [3.63, 3.8) is 0 Å². The fourth-order valence-corrected chi connectivity index (χ4v) is 2.18. The van der Waals surface area contributed by atoms with E-state index in [0.29, 0.717) is 5.92 Å². The number of carboxylic acids is 1. The van der Waals surface area contributed by atoms with E-state index in [0.717, 1.165) is 18.8 Å². The van der Waals surface area contributed by atoms with Gasteiger partial charge in [0.05, 0.1) is 0 Å². The van der Waals surface area contributed by atoms with Gasteiger partial charge in [-0.25, -0.2) is 0 Å². The van der Waals surface area contributed by atoms with Crippen LogP contribution in [0, 0.1) is 11.8 Å². The maximum Gasteiger partial charge on any atom is 0.320 e. The van der Waals surface area contributed by atoms with E-state index in [2.05, 4.69) is 12.2 Å². The molecule has 0 aromatic carbocycles. The SMILES string of the molecule is CN[C@H](C(=O)O)C1CCC(C)CC1. The Morgan fingerprint density at radius 2 is 1.92 bits per heavy atom. The van der Waals surface area contributed by atoms with Crippen LogP contribution in [-0.2, 0) is 4.79 Å². The standard InChI is InChI=1S/C10H19NO2/c1-7-3-5-8(6-4-7)9(11-2)10(12)13/h7-9,11H,3-6H2,1-2H3,(H,12,13)/t7?,8?,9-/m0/s1. The highest BCUT2D eigenvalue weighted by Crippen LogP contribution is 2.30. The molecule has 0 bridgehead atoms. The third-order valence-electron chi connectivity index (χ3n) is 3.11. The highest BCUT2D eigenvalue weighted by molar-refractivity contribution is 5.73. The number of rotatable bonds is 3. The van der Waals surface area contributed by atoms with Crippen molar-refractivity contribution in [2.24, 2.45) is 11.8 Å². The number of aliphatic carboxylic acids is 1. The third kappa shape index (κ3) is 2.69. The first-order valence-corrected chi connectivity index (χ1v) is 5.05. The molecule has 0 saturated heterocycles. The van der Waals surface area contributed by atoms with Crippen molar-refractivity contribution < 1.29 is 9.90 Å². The van der Waals surface area contributed by atoms with E-state index in [1.807, 2.05) is 0 Å². The summed E-state index contributed by atoms with van der Waals surface area (Å²) in [4.78, 5) is 10.8. The first kappa shape index (κ1) is 10.5. The van der Waals surface area contributed by atoms with Crippen molar-refractivity contribution in [2.75, 3.05) is 7.05 Å². The minimum Gasteiger partial charge on any atom is -0.480 e. The molecule has 13 heavy (non-hydrogen) atoms. The summed E-state index contributed by atoms with van der Waals surface area (Å²) in [5, 5.41) is 11.8. The highest BCUT2D eigenvalue weighted by atomic mass is 16.4. The Morgan fingerprint density at radius 3 is 2.31 bits per heavy atom. The molecule has 3 heteroatoms. The molecule has 1 aliphatic rings. The summed E-state index contributed by atoms with van der Waals surface area (Å²) in [6.45, 7) is 2.24. The van der Waals surface area contributed by atoms with E-state index in [9.17, 15) is 4.79 Å². The van der Waals surface area contributed by atoms with Crippen LogP contribution in [0.2, 0.25) is 0 Å². The number of hydrogen-bond donors (Lipinski definition) is 2. The minimum atomic E-state index is -0.706. The van der Waals surface area contributed by atoms with Crippen LogP contribution in [0.4, 0.5) is 0 Å². The molecule has 1 aliphatic carbocycles. The molecule has 0 aromatic heterocycles. The van der Waals surface area contributed by atoms with Gasteiger partial charge in [0, 0.05) is 0 Å². The highest BCUT2D eigenvalue weighted by Gasteiger charge is 2.29. The summed E-state index contributed by atoms with van der Waals surface area (Å²) in [5.41, 5.74) is 0. The molecule has 0 unspecified atom stereocenters. The van der Waals surface area contributed by atoms with E-state index in [1.165, 1.54) is 12.8 Å². The summed E-state index contributed by atoms with van der Waals surface area (Å²) in [6.07, 6.45) is 4.46. The second kappa shape index (κ2) is 4.61. The maximum absolute atomic E-state index is 10.8. The second-order valence-corrected chi connectivity index (χ2v) is 4.12. The number of carbonyl (C=O) groups is 1. The fourth-order valence-electron chi connectivity index (χ4n) is 2.18. The van der Waals surface area contributed by atoms with E-state index in [1.54, 1.807) is 7.05 Å². The number of carboxylic acid groups (broad SMARTS) is 1. The summed E-state index contributed by atoms with van der Waals surface area (Å²) >= 11 is 0. The van der Waals surface area contributed by atoms with E-state index in [-0.39, 0.29) is 6.04 Å². The fraction of sp³-hybridized carbons (Fsp3) is 0.900. The quantitative estimate of drug-likeness (QED) is 0.700. The average Bonchev–Trinajstić information content (AvgIpc) is 2.09. The minimum absolute atomic E-state index is 0.332. The molecular formula is C10H19NO2. The van der Waals surface area contributed by atoms with Gasteiger partial charge in [-0.1, -0.05) is 19.8 Å². The van der Waals surface area contributed by atoms with Crippen LogP contribution in [0.25, 0.3) is 0 Å². The van der Waals surface area contributed by atoms with Crippen molar-refractivity contribution >= 4 is 5.97 Å². The zero-order valence-corrected chi connectivity index (χ0v) is 8.42. The van der Waals surface area contributed by atoms with Crippen molar-refractivity contribution in [3.8, 4) is 0 Å². The molecule has 1 atom stereocenters. The zero-order chi connectivity index (χ0) is 9.84. The Kier molecular flexibility index (Phi) is 3.72. The largest absolute Gasteiger partial charge is 0.480 e. The van der Waals surface area contributed by atoms with Crippen molar-refractivity contribution in [1.82, 2.24) is 5.32 Å². The predicted octanol–water partition coefficient (Wildman–Crippen LogP) is 1.49. The van der Waals surface area contributed by atoms with Gasteiger partial charge in [-0.05, 0) is 31.7 Å². The van der Waals surface area contributed by atoms with Gasteiger partial charge in [-0.3, -0.25) is 4.79 Å². The van der Waals surface area contributed by atoms with Gasteiger partial charge in [-0.2, -0.15) is 0 Å². The lowest BCUT2D eigenvalue weighted by Crippen LogP contribution is -2.42. The van der Waals surface area contributed by atoms with E-state index in [4.69, 9.17) is 5.11 Å². The van der Waals surface area contributed by atoms with Gasteiger partial charge in [-0.15, -0.1) is 0 Å². The molecule has 0 heterocycles. The molecule has 3 nitrogen and oxygen atoms in total. The van der Waals surface area contributed by atoms with Crippen LogP contribution in [-0.4, -0.2) is 24.2 Å². The molecule has 1 rings (SSSR count). The van der Waals surface area contributed by atoms with Crippen LogP contribution >= 0.6 is 0 Å². The lowest BCUT2D eigenvalue weighted by Gasteiger charge is -2.30.